The van der Waals surface area contributed by atoms with Gasteiger partial charge in [-0.3, -0.25) is 0 Å². The second-order valence-electron chi connectivity index (χ2n) is 3.45. The predicted molar refractivity (Wildman–Crippen MR) is 53.6 cm³/mol. The number of unbranched alkanes of at least 4 members (excludes halogenated alkanes) is 1. The van der Waals surface area contributed by atoms with E-state index in [2.05, 4.69) is 6.92 Å². The molecule has 0 bridgehead atoms. The molecule has 1 aliphatic carbocycles. The highest BCUT2D eigenvalue weighted by atomic mass is 16.5. The Balaban J connectivity index is 2.67. The summed E-state index contributed by atoms with van der Waals surface area (Å²) in [6, 6.07) is 0. The number of aliphatic hydroxyl groups is 1. The Kier molecular flexibility index (Phi) is 3.70. The third-order valence-electron chi connectivity index (χ3n) is 2.58. The van der Waals surface area contributed by atoms with Crippen LogP contribution in [0.3, 0.4) is 0 Å². The molecular weight excluding hydrogens is 164 g/mol. The molecule has 0 radical (unpaired) electrons. The van der Waals surface area contributed by atoms with Crippen LogP contribution in [0.2, 0.25) is 0 Å². The molecule has 0 saturated heterocycles. The summed E-state index contributed by atoms with van der Waals surface area (Å²) in [6.07, 6.45) is 10.1. The van der Waals surface area contributed by atoms with Crippen molar-refractivity contribution in [2.75, 3.05) is 7.11 Å². The molecule has 2 heteroatoms. The van der Waals surface area contributed by atoms with Crippen LogP contribution in [-0.2, 0) is 4.74 Å². The number of methoxy groups -OCH3 is 1. The van der Waals surface area contributed by atoms with Crippen molar-refractivity contribution in [3.63, 3.8) is 0 Å². The molecule has 74 valence electrons. The van der Waals surface area contributed by atoms with E-state index >= 15 is 0 Å². The molecular formula is C11H18O2. The van der Waals surface area contributed by atoms with Gasteiger partial charge in [0.2, 0.25) is 0 Å². The van der Waals surface area contributed by atoms with Gasteiger partial charge in [0.25, 0.3) is 0 Å². The average molecular weight is 182 g/mol. The van der Waals surface area contributed by atoms with E-state index in [4.69, 9.17) is 4.74 Å². The second-order valence-corrected chi connectivity index (χ2v) is 3.45. The van der Waals surface area contributed by atoms with Crippen molar-refractivity contribution in [2.45, 2.75) is 37.9 Å². The van der Waals surface area contributed by atoms with Crippen LogP contribution in [0.15, 0.2) is 24.3 Å². The van der Waals surface area contributed by atoms with Crippen LogP contribution < -0.4 is 0 Å². The molecule has 0 aromatic carbocycles. The third-order valence-corrected chi connectivity index (χ3v) is 2.58. The predicted octanol–water partition coefficient (Wildman–Crippen LogP) is 2.05. The summed E-state index contributed by atoms with van der Waals surface area (Å²) >= 11 is 0. The largest absolute Gasteiger partial charge is 0.386 e. The minimum absolute atomic E-state index is 0.481. The van der Waals surface area contributed by atoms with Crippen LogP contribution in [0.4, 0.5) is 0 Å². The summed E-state index contributed by atoms with van der Waals surface area (Å²) in [5.74, 6) is 0. The number of hydrogen-bond acceptors (Lipinski definition) is 2. The lowest BCUT2D eigenvalue weighted by molar-refractivity contribution is -0.0555. The lowest BCUT2D eigenvalue weighted by Crippen LogP contribution is -2.42. The summed E-state index contributed by atoms with van der Waals surface area (Å²) in [7, 11) is 1.66. The molecule has 1 N–H and O–H groups in total. The van der Waals surface area contributed by atoms with Crippen molar-refractivity contribution in [1.82, 2.24) is 0 Å². The van der Waals surface area contributed by atoms with Crippen molar-refractivity contribution in [1.29, 1.82) is 0 Å². The van der Waals surface area contributed by atoms with Crippen molar-refractivity contribution >= 4 is 0 Å². The van der Waals surface area contributed by atoms with Crippen LogP contribution in [0.1, 0.15) is 26.2 Å². The number of rotatable bonds is 4. The number of allylic oxidation sites excluding steroid dienone is 2. The summed E-state index contributed by atoms with van der Waals surface area (Å²) in [5, 5.41) is 9.78. The molecule has 13 heavy (non-hydrogen) atoms. The van der Waals surface area contributed by atoms with Gasteiger partial charge in [0, 0.05) is 7.11 Å². The fourth-order valence-corrected chi connectivity index (χ4v) is 1.62. The van der Waals surface area contributed by atoms with Gasteiger partial charge in [-0.2, -0.15) is 0 Å². The Morgan fingerprint density at radius 2 is 2.23 bits per heavy atom. The normalized spacial score (nSPS) is 32.4. The molecule has 2 atom stereocenters. The van der Waals surface area contributed by atoms with Crippen LogP contribution in [-0.4, -0.2) is 23.9 Å². The monoisotopic (exact) mass is 182 g/mol. The first-order valence-electron chi connectivity index (χ1n) is 4.84. The topological polar surface area (TPSA) is 29.5 Å². The Bertz CT molecular complexity index is 208. The lowest BCUT2D eigenvalue weighted by Gasteiger charge is -2.34. The number of ether oxygens (including phenoxy) is 1. The third kappa shape index (κ3) is 2.20. The van der Waals surface area contributed by atoms with Gasteiger partial charge in [-0.25, -0.2) is 0 Å². The standard InChI is InChI=1S/C11H18O2/c1-3-4-8-11(13-2)9-6-5-7-10(11)12/h5-7,9-10,12H,3-4,8H2,1-2H3. The van der Waals surface area contributed by atoms with Crippen LogP contribution >= 0.6 is 0 Å². The highest BCUT2D eigenvalue weighted by molar-refractivity contribution is 5.23. The summed E-state index contributed by atoms with van der Waals surface area (Å²) in [4.78, 5) is 0. The fraction of sp³-hybridized carbons (Fsp3) is 0.636. The van der Waals surface area contributed by atoms with Gasteiger partial charge in [-0.15, -0.1) is 0 Å². The molecule has 0 fully saturated rings. The van der Waals surface area contributed by atoms with Gasteiger partial charge < -0.3 is 9.84 Å². The molecule has 0 heterocycles. The van der Waals surface area contributed by atoms with E-state index in [0.717, 1.165) is 19.3 Å². The molecule has 0 saturated carbocycles. The van der Waals surface area contributed by atoms with E-state index in [1.54, 1.807) is 13.2 Å². The second kappa shape index (κ2) is 4.58. The van der Waals surface area contributed by atoms with Crippen molar-refractivity contribution < 1.29 is 9.84 Å². The van der Waals surface area contributed by atoms with E-state index in [1.807, 2.05) is 18.2 Å². The first-order chi connectivity index (χ1) is 6.25. The van der Waals surface area contributed by atoms with Gasteiger partial charge in [0.1, 0.15) is 11.7 Å². The SMILES string of the molecule is CCCCC1(OC)C=CC=CC1O. The minimum atomic E-state index is -0.506. The van der Waals surface area contributed by atoms with Gasteiger partial charge in [0.05, 0.1) is 0 Å². The zero-order valence-electron chi connectivity index (χ0n) is 8.36. The van der Waals surface area contributed by atoms with Crippen molar-refractivity contribution in [3.8, 4) is 0 Å². The van der Waals surface area contributed by atoms with E-state index in [1.165, 1.54) is 0 Å². The summed E-state index contributed by atoms with van der Waals surface area (Å²) in [6.45, 7) is 2.14. The maximum absolute atomic E-state index is 9.78. The smallest absolute Gasteiger partial charge is 0.115 e. The van der Waals surface area contributed by atoms with Crippen molar-refractivity contribution in [3.05, 3.63) is 24.3 Å². The molecule has 0 aromatic rings. The van der Waals surface area contributed by atoms with Gasteiger partial charge in [-0.1, -0.05) is 38.0 Å². The molecule has 2 unspecified atom stereocenters. The Labute approximate surface area is 79.9 Å². The zero-order chi connectivity index (χ0) is 9.73. The molecule has 1 aliphatic rings. The average Bonchev–Trinajstić information content (AvgIpc) is 2.17. The van der Waals surface area contributed by atoms with E-state index in [9.17, 15) is 5.11 Å². The fourth-order valence-electron chi connectivity index (χ4n) is 1.62. The Morgan fingerprint density at radius 3 is 2.77 bits per heavy atom. The molecule has 0 spiro atoms. The maximum Gasteiger partial charge on any atom is 0.115 e. The quantitative estimate of drug-likeness (QED) is 0.721. The highest BCUT2D eigenvalue weighted by Gasteiger charge is 2.34. The van der Waals surface area contributed by atoms with E-state index in [0.29, 0.717) is 0 Å². The van der Waals surface area contributed by atoms with Crippen LogP contribution in [0.25, 0.3) is 0 Å². The van der Waals surface area contributed by atoms with Crippen LogP contribution in [0.5, 0.6) is 0 Å². The number of aliphatic hydroxyl groups excluding tert-OH is 1. The number of hydrogen-bond donors (Lipinski definition) is 1. The first-order valence-corrected chi connectivity index (χ1v) is 4.84. The van der Waals surface area contributed by atoms with Gasteiger partial charge in [-0.05, 0) is 12.5 Å². The Morgan fingerprint density at radius 1 is 1.46 bits per heavy atom. The molecule has 0 aliphatic heterocycles. The molecule has 0 amide bonds. The summed E-state index contributed by atoms with van der Waals surface area (Å²) < 4.78 is 5.41. The van der Waals surface area contributed by atoms with Crippen LogP contribution in [0, 0.1) is 0 Å². The van der Waals surface area contributed by atoms with Gasteiger partial charge in [0.15, 0.2) is 0 Å². The maximum atomic E-state index is 9.78. The summed E-state index contributed by atoms with van der Waals surface area (Å²) in [5.41, 5.74) is -0.481. The van der Waals surface area contributed by atoms with E-state index in [-0.39, 0.29) is 0 Å². The Hall–Kier alpha value is -0.600. The van der Waals surface area contributed by atoms with E-state index < -0.39 is 11.7 Å². The molecule has 1 rings (SSSR count). The van der Waals surface area contributed by atoms with Crippen molar-refractivity contribution in [2.24, 2.45) is 0 Å². The zero-order valence-corrected chi connectivity index (χ0v) is 8.36. The molecule has 2 nitrogen and oxygen atoms in total. The minimum Gasteiger partial charge on any atom is -0.386 e. The molecule has 0 aromatic heterocycles. The first kappa shape index (κ1) is 10.5. The lowest BCUT2D eigenvalue weighted by atomic mass is 9.87. The van der Waals surface area contributed by atoms with Gasteiger partial charge >= 0.3 is 0 Å². The highest BCUT2D eigenvalue weighted by Crippen LogP contribution is 2.27.